The zero-order valence-corrected chi connectivity index (χ0v) is 20.4. The Bertz CT molecular complexity index is 1660. The van der Waals surface area contributed by atoms with Crippen LogP contribution in [0.1, 0.15) is 40.7 Å². The predicted octanol–water partition coefficient (Wildman–Crippen LogP) is 3.91. The van der Waals surface area contributed by atoms with Crippen LogP contribution in [0.4, 0.5) is 0 Å². The summed E-state index contributed by atoms with van der Waals surface area (Å²) in [5.74, 6) is -0.0118. The minimum absolute atomic E-state index is 0.0797. The van der Waals surface area contributed by atoms with Crippen LogP contribution in [0.5, 0.6) is 0 Å². The summed E-state index contributed by atoms with van der Waals surface area (Å²) in [5.41, 5.74) is 1.57. The van der Waals surface area contributed by atoms with Gasteiger partial charge in [0, 0.05) is 41.3 Å². The number of piperidine rings is 1. The van der Waals surface area contributed by atoms with Crippen LogP contribution >= 0.6 is 0 Å². The Kier molecular flexibility index (Phi) is 6.22. The zero-order valence-electron chi connectivity index (χ0n) is 20.4. The molecule has 0 unspecified atom stereocenters. The molecule has 0 radical (unpaired) electrons. The van der Waals surface area contributed by atoms with Gasteiger partial charge in [0.25, 0.3) is 5.56 Å². The Hall–Kier alpha value is -4.70. The number of carboxylic acids is 1. The van der Waals surface area contributed by atoms with Crippen LogP contribution in [-0.4, -0.2) is 53.7 Å². The summed E-state index contributed by atoms with van der Waals surface area (Å²) < 4.78 is 7.08. The van der Waals surface area contributed by atoms with Crippen LogP contribution < -0.4 is 5.56 Å². The molecule has 10 heteroatoms. The highest BCUT2D eigenvalue weighted by Gasteiger charge is 2.29. The average molecular weight is 509 g/mol. The van der Waals surface area contributed by atoms with E-state index < -0.39 is 5.97 Å². The Morgan fingerprint density at radius 2 is 1.74 bits per heavy atom. The van der Waals surface area contributed by atoms with Gasteiger partial charge in [0.05, 0.1) is 17.5 Å². The lowest BCUT2D eigenvalue weighted by Gasteiger charge is -2.31. The minimum atomic E-state index is -1.06. The molecular weight excluding hydrogens is 484 g/mol. The van der Waals surface area contributed by atoms with Gasteiger partial charge in [-0.15, -0.1) is 0 Å². The molecule has 0 spiro atoms. The Morgan fingerprint density at radius 3 is 2.45 bits per heavy atom. The summed E-state index contributed by atoms with van der Waals surface area (Å²) in [4.78, 5) is 41.2. The first-order valence-electron chi connectivity index (χ1n) is 12.4. The number of hydrogen-bond acceptors (Lipinski definition) is 8. The summed E-state index contributed by atoms with van der Waals surface area (Å²) >= 11 is 0. The molecule has 1 fully saturated rings. The molecule has 6 rings (SSSR count). The number of rotatable bonds is 6. The topological polar surface area (TPSA) is 127 Å². The number of para-hydroxylation sites is 1. The molecule has 1 saturated heterocycles. The van der Waals surface area contributed by atoms with Crippen LogP contribution in [0.25, 0.3) is 28.0 Å². The first-order valence-corrected chi connectivity index (χ1v) is 12.4. The van der Waals surface area contributed by atoms with Crippen molar-refractivity contribution in [1.82, 2.24) is 29.6 Å². The lowest BCUT2D eigenvalue weighted by atomic mass is 9.96. The molecule has 0 atom stereocenters. The molecule has 0 bridgehead atoms. The van der Waals surface area contributed by atoms with E-state index in [9.17, 15) is 14.7 Å². The number of hydrogen-bond donors (Lipinski definition) is 1. The summed E-state index contributed by atoms with van der Waals surface area (Å²) in [6.07, 6.45) is 6.27. The van der Waals surface area contributed by atoms with E-state index >= 15 is 0 Å². The van der Waals surface area contributed by atoms with E-state index in [1.165, 1.54) is 0 Å². The summed E-state index contributed by atoms with van der Waals surface area (Å²) in [6, 6.07) is 16.1. The maximum atomic E-state index is 13.6. The van der Waals surface area contributed by atoms with Crippen molar-refractivity contribution in [2.24, 2.45) is 0 Å². The van der Waals surface area contributed by atoms with Crippen LogP contribution in [0.15, 0.2) is 82.5 Å². The lowest BCUT2D eigenvalue weighted by molar-refractivity contribution is 0.0695. The number of fused-ring (bicyclic) bond motifs is 1. The van der Waals surface area contributed by atoms with Crippen molar-refractivity contribution in [1.29, 1.82) is 0 Å². The van der Waals surface area contributed by atoms with Gasteiger partial charge in [-0.3, -0.25) is 19.2 Å². The van der Waals surface area contributed by atoms with E-state index in [-0.39, 0.29) is 17.0 Å². The molecule has 3 aromatic heterocycles. The third-order valence-electron chi connectivity index (χ3n) is 6.96. The molecule has 10 nitrogen and oxygen atoms in total. The molecule has 1 aliphatic rings. The SMILES string of the molecule is O=C(O)c1c(CN2CCC(c3nc(-c4cnccn4)no3)CC2)n(-c2ccccc2)c(=O)c2ccccc12. The fourth-order valence-corrected chi connectivity index (χ4v) is 5.11. The number of nitrogens with zero attached hydrogens (tertiary/aromatic N) is 6. The lowest BCUT2D eigenvalue weighted by Crippen LogP contribution is -2.36. The molecule has 1 aliphatic heterocycles. The molecule has 0 aliphatic carbocycles. The van der Waals surface area contributed by atoms with Crippen molar-refractivity contribution < 1.29 is 14.4 Å². The molecule has 0 saturated carbocycles. The molecule has 1 N–H and O–H groups in total. The summed E-state index contributed by atoms with van der Waals surface area (Å²) in [7, 11) is 0. The highest BCUT2D eigenvalue weighted by molar-refractivity contribution is 6.04. The molecule has 38 heavy (non-hydrogen) atoms. The molecule has 190 valence electrons. The number of pyridine rings is 1. The smallest absolute Gasteiger partial charge is 0.338 e. The van der Waals surface area contributed by atoms with Crippen LogP contribution in [-0.2, 0) is 6.54 Å². The number of aromatic carboxylic acids is 1. The third-order valence-corrected chi connectivity index (χ3v) is 6.96. The van der Waals surface area contributed by atoms with Crippen molar-refractivity contribution in [2.45, 2.75) is 25.3 Å². The highest BCUT2D eigenvalue weighted by atomic mass is 16.5. The van der Waals surface area contributed by atoms with Gasteiger partial charge < -0.3 is 9.63 Å². The average Bonchev–Trinajstić information content (AvgIpc) is 3.45. The standard InChI is InChI=1S/C28H24N6O4/c35-27-21-9-5-4-8-20(21)24(28(36)37)23(34(27)19-6-2-1-3-7-19)17-33-14-10-18(11-15-33)26-31-25(32-38-26)22-16-29-12-13-30-22/h1-9,12-13,16,18H,10-11,14-15,17H2,(H,36,37). The Balaban J connectivity index is 1.31. The second kappa shape index (κ2) is 9.98. The van der Waals surface area contributed by atoms with Crippen LogP contribution in [0.3, 0.4) is 0 Å². The van der Waals surface area contributed by atoms with Gasteiger partial charge in [-0.2, -0.15) is 4.98 Å². The van der Waals surface area contributed by atoms with E-state index in [0.717, 1.165) is 12.8 Å². The van der Waals surface area contributed by atoms with Crippen LogP contribution in [0, 0.1) is 0 Å². The Morgan fingerprint density at radius 1 is 1.00 bits per heavy atom. The summed E-state index contributed by atoms with van der Waals surface area (Å²) in [5, 5.41) is 15.2. The number of carboxylic acid groups (broad SMARTS) is 1. The first-order chi connectivity index (χ1) is 18.6. The van der Waals surface area contributed by atoms with Crippen molar-refractivity contribution in [3.8, 4) is 17.2 Å². The fourth-order valence-electron chi connectivity index (χ4n) is 5.11. The fraction of sp³-hybridized carbons (Fsp3) is 0.214. The van der Waals surface area contributed by atoms with Gasteiger partial charge in [0.1, 0.15) is 5.69 Å². The minimum Gasteiger partial charge on any atom is -0.478 e. The van der Waals surface area contributed by atoms with Crippen molar-refractivity contribution in [3.63, 3.8) is 0 Å². The van der Waals surface area contributed by atoms with E-state index in [1.54, 1.807) is 47.4 Å². The molecular formula is C28H24N6O4. The molecule has 0 amide bonds. The molecule has 5 aromatic rings. The maximum Gasteiger partial charge on any atom is 0.338 e. The molecule has 2 aromatic carbocycles. The van der Waals surface area contributed by atoms with Gasteiger partial charge in [-0.25, -0.2) is 9.78 Å². The Labute approximate surface area is 217 Å². The summed E-state index contributed by atoms with van der Waals surface area (Å²) in [6.45, 7) is 1.68. The number of likely N-dealkylation sites (tertiary alicyclic amines) is 1. The van der Waals surface area contributed by atoms with Crippen molar-refractivity contribution >= 4 is 16.7 Å². The number of aromatic nitrogens is 5. The van der Waals surface area contributed by atoms with E-state index in [0.29, 0.717) is 59.2 Å². The van der Waals surface area contributed by atoms with Crippen molar-refractivity contribution in [3.05, 3.63) is 101 Å². The zero-order chi connectivity index (χ0) is 26.1. The van der Waals surface area contributed by atoms with Crippen molar-refractivity contribution in [2.75, 3.05) is 13.1 Å². The number of benzene rings is 2. The van der Waals surface area contributed by atoms with Gasteiger partial charge in [-0.1, -0.05) is 41.6 Å². The largest absolute Gasteiger partial charge is 0.478 e. The quantitative estimate of drug-likeness (QED) is 0.363. The second-order valence-electron chi connectivity index (χ2n) is 9.25. The number of carbonyl (C=O) groups is 1. The predicted molar refractivity (Wildman–Crippen MR) is 139 cm³/mol. The van der Waals surface area contributed by atoms with Gasteiger partial charge in [-0.05, 0) is 44.1 Å². The van der Waals surface area contributed by atoms with E-state index in [1.807, 2.05) is 30.3 Å². The normalized spacial score (nSPS) is 14.6. The first kappa shape index (κ1) is 23.7. The maximum absolute atomic E-state index is 13.6. The van der Waals surface area contributed by atoms with E-state index in [4.69, 9.17) is 4.52 Å². The highest BCUT2D eigenvalue weighted by Crippen LogP contribution is 2.30. The second-order valence-corrected chi connectivity index (χ2v) is 9.25. The molecule has 4 heterocycles. The third kappa shape index (κ3) is 4.35. The monoisotopic (exact) mass is 508 g/mol. The van der Waals surface area contributed by atoms with Gasteiger partial charge >= 0.3 is 5.97 Å². The van der Waals surface area contributed by atoms with Gasteiger partial charge in [0.2, 0.25) is 11.7 Å². The van der Waals surface area contributed by atoms with Gasteiger partial charge in [0.15, 0.2) is 0 Å². The van der Waals surface area contributed by atoms with E-state index in [2.05, 4.69) is 25.0 Å². The van der Waals surface area contributed by atoms with Crippen LogP contribution in [0.2, 0.25) is 0 Å².